The van der Waals surface area contributed by atoms with Crippen LogP contribution in [0.4, 0.5) is 4.79 Å². The maximum atomic E-state index is 11.3. The van der Waals surface area contributed by atoms with Crippen LogP contribution in [0.15, 0.2) is 24.3 Å². The fourth-order valence-electron chi connectivity index (χ4n) is 1.31. The van der Waals surface area contributed by atoms with Crippen molar-refractivity contribution in [2.75, 3.05) is 6.61 Å². The van der Waals surface area contributed by atoms with Gasteiger partial charge in [-0.1, -0.05) is 12.1 Å². The average Bonchev–Trinajstić information content (AvgIpc) is 2.37. The molecular formula is C12H15NO6. The molecule has 1 atom stereocenters. The highest BCUT2D eigenvalue weighted by Gasteiger charge is 2.19. The number of alkyl carbamates (subject to hydrolysis) is 1. The van der Waals surface area contributed by atoms with Crippen LogP contribution in [0.25, 0.3) is 0 Å². The third-order valence-corrected chi connectivity index (χ3v) is 2.31. The van der Waals surface area contributed by atoms with E-state index in [-0.39, 0.29) is 25.4 Å². The predicted octanol–water partition coefficient (Wildman–Crippen LogP) is 0.454. The number of benzene rings is 1. The summed E-state index contributed by atoms with van der Waals surface area (Å²) in [7, 11) is 0. The summed E-state index contributed by atoms with van der Waals surface area (Å²) in [5.41, 5.74) is 0.655. The number of carbonyl (C=O) groups is 2. The highest BCUT2D eigenvalue weighted by atomic mass is 16.5. The highest BCUT2D eigenvalue weighted by Crippen LogP contribution is 2.10. The molecule has 104 valence electrons. The lowest BCUT2D eigenvalue weighted by atomic mass is 10.2. The topological polar surface area (TPSA) is 116 Å². The fraction of sp³-hybridized carbons (Fsp3) is 0.333. The molecule has 0 aliphatic heterocycles. The molecule has 0 radical (unpaired) electrons. The molecule has 19 heavy (non-hydrogen) atoms. The van der Waals surface area contributed by atoms with Gasteiger partial charge in [-0.3, -0.25) is 0 Å². The molecule has 0 spiro atoms. The van der Waals surface area contributed by atoms with Gasteiger partial charge in [0.05, 0.1) is 0 Å². The number of amides is 1. The van der Waals surface area contributed by atoms with Gasteiger partial charge in [0, 0.05) is 13.0 Å². The Morgan fingerprint density at radius 3 is 2.42 bits per heavy atom. The summed E-state index contributed by atoms with van der Waals surface area (Å²) in [6.45, 7) is -0.396. The maximum Gasteiger partial charge on any atom is 0.408 e. The lowest BCUT2D eigenvalue weighted by Gasteiger charge is -2.13. The van der Waals surface area contributed by atoms with Gasteiger partial charge >= 0.3 is 12.1 Å². The standard InChI is InChI=1S/C12H15NO6/c14-6-5-10(11(16)17)13-12(18)19-7-8-1-3-9(15)4-2-8/h1-4,10,14-15H,5-7H2,(H,13,18)(H,16,17). The Kier molecular flexibility index (Phi) is 5.62. The predicted molar refractivity (Wildman–Crippen MR) is 64.6 cm³/mol. The van der Waals surface area contributed by atoms with Crippen molar-refractivity contribution in [1.82, 2.24) is 5.32 Å². The SMILES string of the molecule is O=C(NC(CCO)C(=O)O)OCc1ccc(O)cc1. The largest absolute Gasteiger partial charge is 0.508 e. The number of hydrogen-bond donors (Lipinski definition) is 4. The van der Waals surface area contributed by atoms with E-state index in [9.17, 15) is 9.59 Å². The molecule has 7 nitrogen and oxygen atoms in total. The second-order valence-electron chi connectivity index (χ2n) is 3.79. The third-order valence-electron chi connectivity index (χ3n) is 2.31. The molecule has 1 aromatic carbocycles. The molecule has 1 unspecified atom stereocenters. The van der Waals surface area contributed by atoms with Crippen LogP contribution in [0.5, 0.6) is 5.75 Å². The van der Waals surface area contributed by atoms with Crippen molar-refractivity contribution in [3.05, 3.63) is 29.8 Å². The van der Waals surface area contributed by atoms with Crippen LogP contribution < -0.4 is 5.32 Å². The number of aliphatic hydroxyl groups is 1. The second-order valence-corrected chi connectivity index (χ2v) is 3.79. The summed E-state index contributed by atoms with van der Waals surface area (Å²) in [5.74, 6) is -1.14. The van der Waals surface area contributed by atoms with E-state index in [1.807, 2.05) is 0 Å². The minimum atomic E-state index is -1.24. The zero-order valence-electron chi connectivity index (χ0n) is 10.1. The van der Waals surface area contributed by atoms with Crippen LogP contribution in [0.2, 0.25) is 0 Å². The lowest BCUT2D eigenvalue weighted by Crippen LogP contribution is -2.41. The van der Waals surface area contributed by atoms with Crippen molar-refractivity contribution < 1.29 is 29.6 Å². The van der Waals surface area contributed by atoms with Crippen molar-refractivity contribution in [1.29, 1.82) is 0 Å². The summed E-state index contributed by atoms with van der Waals surface area (Å²) < 4.78 is 4.82. The molecule has 0 aliphatic rings. The molecular weight excluding hydrogens is 254 g/mol. The van der Waals surface area contributed by atoms with Gasteiger partial charge in [0.15, 0.2) is 0 Å². The summed E-state index contributed by atoms with van der Waals surface area (Å²) >= 11 is 0. The first-order valence-corrected chi connectivity index (χ1v) is 5.58. The monoisotopic (exact) mass is 269 g/mol. The second kappa shape index (κ2) is 7.22. The number of carboxylic acids is 1. The van der Waals surface area contributed by atoms with Gasteiger partial charge in [-0.05, 0) is 17.7 Å². The Morgan fingerprint density at radius 1 is 1.26 bits per heavy atom. The first-order valence-electron chi connectivity index (χ1n) is 5.58. The van der Waals surface area contributed by atoms with Gasteiger partial charge in [-0.2, -0.15) is 0 Å². The van der Waals surface area contributed by atoms with Crippen molar-refractivity contribution >= 4 is 12.1 Å². The van der Waals surface area contributed by atoms with Gasteiger partial charge < -0.3 is 25.4 Å². The van der Waals surface area contributed by atoms with Crippen LogP contribution in [-0.2, 0) is 16.1 Å². The van der Waals surface area contributed by atoms with E-state index >= 15 is 0 Å². The number of hydrogen-bond acceptors (Lipinski definition) is 5. The number of aromatic hydroxyl groups is 1. The van der Waals surface area contributed by atoms with Gasteiger partial charge in [0.1, 0.15) is 18.4 Å². The minimum Gasteiger partial charge on any atom is -0.508 e. The van der Waals surface area contributed by atoms with Crippen LogP contribution in [0.1, 0.15) is 12.0 Å². The molecule has 0 heterocycles. The van der Waals surface area contributed by atoms with E-state index in [0.29, 0.717) is 5.56 Å². The number of aliphatic carboxylic acids is 1. The molecule has 1 aromatic rings. The van der Waals surface area contributed by atoms with Crippen molar-refractivity contribution in [2.45, 2.75) is 19.1 Å². The number of phenolic OH excluding ortho intramolecular Hbond substituents is 1. The first-order chi connectivity index (χ1) is 9.02. The Hall–Kier alpha value is -2.28. The zero-order valence-corrected chi connectivity index (χ0v) is 10.1. The first kappa shape index (κ1) is 14.8. The molecule has 0 aromatic heterocycles. The number of rotatable bonds is 6. The van der Waals surface area contributed by atoms with Crippen LogP contribution in [0.3, 0.4) is 0 Å². The highest BCUT2D eigenvalue weighted by molar-refractivity contribution is 5.79. The van der Waals surface area contributed by atoms with Crippen molar-refractivity contribution in [3.8, 4) is 5.75 Å². The summed E-state index contributed by atoms with van der Waals surface area (Å²) in [6, 6.07) is 4.86. The van der Waals surface area contributed by atoms with E-state index in [4.69, 9.17) is 20.1 Å². The zero-order chi connectivity index (χ0) is 14.3. The van der Waals surface area contributed by atoms with Gasteiger partial charge in [-0.15, -0.1) is 0 Å². The average molecular weight is 269 g/mol. The molecule has 1 amide bonds. The normalized spacial score (nSPS) is 11.6. The number of carboxylic acid groups (broad SMARTS) is 1. The number of nitrogens with one attached hydrogen (secondary N) is 1. The third kappa shape index (κ3) is 5.26. The van der Waals surface area contributed by atoms with Gasteiger partial charge in [-0.25, -0.2) is 9.59 Å². The summed E-state index contributed by atoms with van der Waals surface area (Å²) in [6.07, 6.45) is -0.974. The molecule has 0 saturated carbocycles. The van der Waals surface area contributed by atoms with E-state index in [0.717, 1.165) is 0 Å². The number of aliphatic hydroxyl groups excluding tert-OH is 1. The van der Waals surface area contributed by atoms with E-state index < -0.39 is 18.1 Å². The van der Waals surface area contributed by atoms with Crippen molar-refractivity contribution in [3.63, 3.8) is 0 Å². The van der Waals surface area contributed by atoms with Crippen molar-refractivity contribution in [2.24, 2.45) is 0 Å². The smallest absolute Gasteiger partial charge is 0.408 e. The Labute approximate surface area is 109 Å². The number of phenols is 1. The molecule has 0 bridgehead atoms. The van der Waals surface area contributed by atoms with Crippen LogP contribution in [0, 0.1) is 0 Å². The summed E-state index contributed by atoms with van der Waals surface area (Å²) in [5, 5.41) is 28.6. The van der Waals surface area contributed by atoms with E-state index in [1.54, 1.807) is 12.1 Å². The molecule has 0 fully saturated rings. The minimum absolute atomic E-state index is 0.0441. The van der Waals surface area contributed by atoms with Gasteiger partial charge in [0.2, 0.25) is 0 Å². The quantitative estimate of drug-likeness (QED) is 0.596. The van der Waals surface area contributed by atoms with E-state index in [1.165, 1.54) is 12.1 Å². The maximum absolute atomic E-state index is 11.3. The Morgan fingerprint density at radius 2 is 1.89 bits per heavy atom. The Balaban J connectivity index is 2.42. The van der Waals surface area contributed by atoms with E-state index in [2.05, 4.69) is 5.32 Å². The molecule has 1 rings (SSSR count). The molecule has 0 saturated heterocycles. The number of ether oxygens (including phenoxy) is 1. The van der Waals surface area contributed by atoms with Crippen LogP contribution >= 0.6 is 0 Å². The molecule has 4 N–H and O–H groups in total. The summed E-state index contributed by atoms with van der Waals surface area (Å²) in [4.78, 5) is 22.1. The Bertz CT molecular complexity index is 430. The fourth-order valence-corrected chi connectivity index (χ4v) is 1.31. The molecule has 0 aliphatic carbocycles. The lowest BCUT2D eigenvalue weighted by molar-refractivity contribution is -0.139. The van der Waals surface area contributed by atoms with Gasteiger partial charge in [0.25, 0.3) is 0 Å². The molecule has 7 heteroatoms. The number of carbonyl (C=O) groups excluding carboxylic acids is 1. The van der Waals surface area contributed by atoms with Crippen LogP contribution in [-0.4, -0.2) is 40.0 Å².